The molecule has 0 bridgehead atoms. The van der Waals surface area contributed by atoms with Gasteiger partial charge >= 0.3 is 5.70 Å². The van der Waals surface area contributed by atoms with Crippen LogP contribution in [0.4, 0.5) is 0 Å². The molecule has 1 unspecified atom stereocenters. The van der Waals surface area contributed by atoms with E-state index in [9.17, 15) is 10.1 Å². The molecule has 0 aromatic carbocycles. The van der Waals surface area contributed by atoms with E-state index in [2.05, 4.69) is 10.3 Å². The van der Waals surface area contributed by atoms with E-state index in [1.807, 2.05) is 0 Å². The van der Waals surface area contributed by atoms with E-state index in [0.29, 0.717) is 5.57 Å². The van der Waals surface area contributed by atoms with Crippen LogP contribution in [0.3, 0.4) is 0 Å². The van der Waals surface area contributed by atoms with Gasteiger partial charge in [0.2, 0.25) is 5.72 Å². The lowest BCUT2D eigenvalue weighted by Gasteiger charge is -2.29. The topological polar surface area (TPSA) is 77.3 Å². The molecule has 2 rings (SSSR count). The van der Waals surface area contributed by atoms with Crippen LogP contribution in [0.15, 0.2) is 42.5 Å². The molecule has 2 heterocycles. The molecule has 1 aromatic rings. The van der Waals surface area contributed by atoms with Gasteiger partial charge in [0.15, 0.2) is 0 Å². The van der Waals surface area contributed by atoms with Gasteiger partial charge in [0.1, 0.15) is 0 Å². The molecule has 1 aliphatic heterocycles. The first-order chi connectivity index (χ1) is 8.58. The normalized spacial score (nSPS) is 22.8. The SMILES string of the molecule is COC1(C)NC=CC(c2ccncc2)=C1[N+](=O)[O-]. The van der Waals surface area contributed by atoms with Crippen LogP contribution >= 0.6 is 0 Å². The molecule has 94 valence electrons. The number of methoxy groups -OCH3 is 1. The summed E-state index contributed by atoms with van der Waals surface area (Å²) < 4.78 is 5.23. The van der Waals surface area contributed by atoms with Crippen LogP contribution in [0.25, 0.3) is 5.57 Å². The van der Waals surface area contributed by atoms with Crippen molar-refractivity contribution in [3.63, 3.8) is 0 Å². The van der Waals surface area contributed by atoms with Crippen molar-refractivity contribution in [1.82, 2.24) is 10.3 Å². The van der Waals surface area contributed by atoms with Crippen LogP contribution in [0, 0.1) is 10.1 Å². The van der Waals surface area contributed by atoms with E-state index < -0.39 is 10.6 Å². The Morgan fingerprint density at radius 3 is 2.67 bits per heavy atom. The van der Waals surface area contributed by atoms with E-state index in [4.69, 9.17) is 4.74 Å². The highest BCUT2D eigenvalue weighted by molar-refractivity contribution is 5.77. The Morgan fingerprint density at radius 2 is 2.11 bits per heavy atom. The molecule has 1 N–H and O–H groups in total. The van der Waals surface area contributed by atoms with Gasteiger partial charge in [-0.15, -0.1) is 0 Å². The lowest BCUT2D eigenvalue weighted by atomic mass is 9.97. The highest BCUT2D eigenvalue weighted by Gasteiger charge is 2.42. The summed E-state index contributed by atoms with van der Waals surface area (Å²) in [6.07, 6.45) is 6.50. The van der Waals surface area contributed by atoms with Crippen LogP contribution in [0.2, 0.25) is 0 Å². The Hall–Kier alpha value is -2.21. The van der Waals surface area contributed by atoms with Gasteiger partial charge in [0, 0.05) is 25.7 Å². The van der Waals surface area contributed by atoms with Crippen LogP contribution in [-0.4, -0.2) is 22.7 Å². The molecular weight excluding hydrogens is 234 g/mol. The standard InChI is InChI=1S/C12H13N3O3/c1-12(18-2)11(15(16)17)10(5-8-14-12)9-3-6-13-7-4-9/h3-8,14H,1-2H3. The maximum atomic E-state index is 11.3. The Balaban J connectivity index is 2.63. The van der Waals surface area contributed by atoms with Gasteiger partial charge < -0.3 is 10.1 Å². The van der Waals surface area contributed by atoms with Crippen LogP contribution in [0.1, 0.15) is 12.5 Å². The molecule has 0 saturated carbocycles. The Kier molecular flexibility index (Phi) is 3.12. The average molecular weight is 247 g/mol. The molecule has 0 fully saturated rings. The van der Waals surface area contributed by atoms with Crippen molar-refractivity contribution < 1.29 is 9.66 Å². The smallest absolute Gasteiger partial charge is 0.305 e. The largest absolute Gasteiger partial charge is 0.355 e. The molecule has 6 heteroatoms. The number of nitrogens with zero attached hydrogens (tertiary/aromatic N) is 2. The number of ether oxygens (including phenoxy) is 1. The molecule has 6 nitrogen and oxygen atoms in total. The molecule has 0 amide bonds. The maximum absolute atomic E-state index is 11.3. The maximum Gasteiger partial charge on any atom is 0.305 e. The van der Waals surface area contributed by atoms with Gasteiger partial charge in [-0.25, -0.2) is 0 Å². The number of dihydropyridines is 1. The lowest BCUT2D eigenvalue weighted by Crippen LogP contribution is -2.47. The zero-order valence-corrected chi connectivity index (χ0v) is 10.1. The third-order valence-corrected chi connectivity index (χ3v) is 2.90. The van der Waals surface area contributed by atoms with E-state index in [1.54, 1.807) is 43.7 Å². The summed E-state index contributed by atoms with van der Waals surface area (Å²) in [5, 5.41) is 14.1. The van der Waals surface area contributed by atoms with Crippen LogP contribution in [-0.2, 0) is 4.74 Å². The highest BCUT2D eigenvalue weighted by atomic mass is 16.6. The van der Waals surface area contributed by atoms with Crippen molar-refractivity contribution in [3.05, 3.63) is 58.2 Å². The minimum atomic E-state index is -1.14. The summed E-state index contributed by atoms with van der Waals surface area (Å²) in [5.74, 6) is 0. The fourth-order valence-corrected chi connectivity index (χ4v) is 1.88. The molecule has 18 heavy (non-hydrogen) atoms. The highest BCUT2D eigenvalue weighted by Crippen LogP contribution is 2.31. The number of nitrogens with one attached hydrogen (secondary N) is 1. The van der Waals surface area contributed by atoms with Gasteiger partial charge in [0.05, 0.1) is 10.5 Å². The first kappa shape index (κ1) is 12.3. The average Bonchev–Trinajstić information content (AvgIpc) is 2.39. The molecule has 0 saturated heterocycles. The monoisotopic (exact) mass is 247 g/mol. The van der Waals surface area contributed by atoms with Crippen LogP contribution in [0.5, 0.6) is 0 Å². The summed E-state index contributed by atoms with van der Waals surface area (Å²) in [6, 6.07) is 3.45. The molecule has 1 aliphatic rings. The second-order valence-corrected chi connectivity index (χ2v) is 3.97. The predicted molar refractivity (Wildman–Crippen MR) is 65.8 cm³/mol. The number of hydrogen-bond donors (Lipinski definition) is 1. The van der Waals surface area contributed by atoms with E-state index >= 15 is 0 Å². The van der Waals surface area contributed by atoms with Gasteiger partial charge in [-0.3, -0.25) is 15.1 Å². The number of aromatic nitrogens is 1. The zero-order valence-electron chi connectivity index (χ0n) is 10.1. The minimum Gasteiger partial charge on any atom is -0.355 e. The summed E-state index contributed by atoms with van der Waals surface area (Å²) in [7, 11) is 1.43. The summed E-state index contributed by atoms with van der Waals surface area (Å²) in [6.45, 7) is 1.62. The van der Waals surface area contributed by atoms with Gasteiger partial charge in [-0.1, -0.05) is 0 Å². The third-order valence-electron chi connectivity index (χ3n) is 2.90. The quantitative estimate of drug-likeness (QED) is 0.647. The predicted octanol–water partition coefficient (Wildman–Crippen LogP) is 1.55. The second-order valence-electron chi connectivity index (χ2n) is 3.97. The minimum absolute atomic E-state index is 0.0151. The van der Waals surface area contributed by atoms with Gasteiger partial charge in [-0.2, -0.15) is 0 Å². The molecule has 0 aliphatic carbocycles. The summed E-state index contributed by atoms with van der Waals surface area (Å²) in [5.41, 5.74) is 0.0959. The number of pyridine rings is 1. The van der Waals surface area contributed by atoms with Crippen molar-refractivity contribution in [2.24, 2.45) is 0 Å². The van der Waals surface area contributed by atoms with Crippen molar-refractivity contribution in [2.45, 2.75) is 12.6 Å². The van der Waals surface area contributed by atoms with E-state index in [1.165, 1.54) is 7.11 Å². The van der Waals surface area contributed by atoms with Crippen LogP contribution < -0.4 is 5.32 Å². The molecule has 0 radical (unpaired) electrons. The van der Waals surface area contributed by atoms with E-state index in [0.717, 1.165) is 5.56 Å². The number of allylic oxidation sites excluding steroid dienone is 2. The zero-order chi connectivity index (χ0) is 13.2. The molecular formula is C12H13N3O3. The van der Waals surface area contributed by atoms with Crippen molar-refractivity contribution in [1.29, 1.82) is 0 Å². The first-order valence-corrected chi connectivity index (χ1v) is 5.37. The van der Waals surface area contributed by atoms with E-state index in [-0.39, 0.29) is 5.70 Å². The second kappa shape index (κ2) is 4.58. The van der Waals surface area contributed by atoms with Gasteiger partial charge in [-0.05, 0) is 30.7 Å². The molecule has 1 atom stereocenters. The summed E-state index contributed by atoms with van der Waals surface area (Å²) in [4.78, 5) is 14.8. The van der Waals surface area contributed by atoms with Crippen molar-refractivity contribution in [2.75, 3.05) is 7.11 Å². The van der Waals surface area contributed by atoms with Crippen molar-refractivity contribution >= 4 is 5.57 Å². The Morgan fingerprint density at radius 1 is 1.44 bits per heavy atom. The number of hydrogen-bond acceptors (Lipinski definition) is 5. The molecule has 1 aromatic heterocycles. The Bertz CT molecular complexity index is 525. The first-order valence-electron chi connectivity index (χ1n) is 5.37. The fraction of sp³-hybridized carbons (Fsp3) is 0.250. The Labute approximate surface area is 104 Å². The lowest BCUT2D eigenvalue weighted by molar-refractivity contribution is -0.445. The molecule has 0 spiro atoms. The fourth-order valence-electron chi connectivity index (χ4n) is 1.88. The number of nitro groups is 1. The number of rotatable bonds is 3. The van der Waals surface area contributed by atoms with Crippen molar-refractivity contribution in [3.8, 4) is 0 Å². The van der Waals surface area contributed by atoms with Gasteiger partial charge in [0.25, 0.3) is 0 Å². The third kappa shape index (κ3) is 1.98. The summed E-state index contributed by atoms with van der Waals surface area (Å²) >= 11 is 0.